The molecule has 172 valence electrons. The fourth-order valence-electron chi connectivity index (χ4n) is 3.92. The number of carbonyl (C=O) groups is 1. The van der Waals surface area contributed by atoms with E-state index in [-0.39, 0.29) is 12.4 Å². The van der Waals surface area contributed by atoms with Gasteiger partial charge in [0.05, 0.1) is 12.2 Å². The van der Waals surface area contributed by atoms with Crippen molar-refractivity contribution in [1.29, 1.82) is 0 Å². The topological polar surface area (TPSA) is 94.5 Å². The SMILES string of the molecule is Cc1cc(-c2ccnc(N)c2N)ccc1CN(C=O)CCOc1cc(C2CC2)cc(F)c1C. The van der Waals surface area contributed by atoms with Gasteiger partial charge in [0.15, 0.2) is 0 Å². The highest BCUT2D eigenvalue weighted by Gasteiger charge is 2.25. The number of nitrogens with zero attached hydrogens (tertiary/aromatic N) is 2. The Bertz CT molecular complexity index is 1180. The van der Waals surface area contributed by atoms with E-state index >= 15 is 0 Å². The molecule has 33 heavy (non-hydrogen) atoms. The second kappa shape index (κ2) is 9.48. The molecule has 4 rings (SSSR count). The fourth-order valence-corrected chi connectivity index (χ4v) is 3.92. The van der Waals surface area contributed by atoms with Gasteiger partial charge in [-0.25, -0.2) is 9.37 Å². The molecular weight excluding hydrogens is 419 g/mol. The lowest BCUT2D eigenvalue weighted by Crippen LogP contribution is -2.27. The zero-order valence-electron chi connectivity index (χ0n) is 19.0. The number of anilines is 2. The molecule has 1 saturated carbocycles. The number of hydrogen-bond acceptors (Lipinski definition) is 5. The van der Waals surface area contributed by atoms with Crippen molar-refractivity contribution in [2.24, 2.45) is 0 Å². The van der Waals surface area contributed by atoms with Crippen LogP contribution in [0.2, 0.25) is 0 Å². The van der Waals surface area contributed by atoms with Crippen molar-refractivity contribution in [2.45, 2.75) is 39.2 Å². The quantitative estimate of drug-likeness (QED) is 0.467. The molecule has 6 nitrogen and oxygen atoms in total. The van der Waals surface area contributed by atoms with Gasteiger partial charge in [0, 0.05) is 23.9 Å². The molecule has 2 aromatic carbocycles. The molecule has 1 aliphatic carbocycles. The standard InChI is InChI=1S/C26H29FN4O2/c1-16-11-19(22-7-8-30-26(29)25(22)28)5-6-20(16)14-31(15-32)9-10-33-24-13-21(18-3-4-18)12-23(27)17(24)2/h5-8,11-13,15,18H,3-4,9-10,14,28H2,1-2H3,(H2,29,30). The molecule has 1 aromatic heterocycles. The summed E-state index contributed by atoms with van der Waals surface area (Å²) in [5, 5.41) is 0. The lowest BCUT2D eigenvalue weighted by atomic mass is 9.99. The van der Waals surface area contributed by atoms with Gasteiger partial charge in [-0.05, 0) is 73.1 Å². The monoisotopic (exact) mass is 448 g/mol. The van der Waals surface area contributed by atoms with Crippen LogP contribution in [0.4, 0.5) is 15.9 Å². The number of carbonyl (C=O) groups excluding carboxylic acids is 1. The van der Waals surface area contributed by atoms with Gasteiger partial charge in [-0.15, -0.1) is 0 Å². The molecule has 1 heterocycles. The van der Waals surface area contributed by atoms with E-state index in [2.05, 4.69) is 4.98 Å². The molecule has 1 amide bonds. The summed E-state index contributed by atoms with van der Waals surface area (Å²) in [6.45, 7) is 4.84. The summed E-state index contributed by atoms with van der Waals surface area (Å²) < 4.78 is 20.1. The van der Waals surface area contributed by atoms with Crippen LogP contribution < -0.4 is 16.2 Å². The second-order valence-corrected chi connectivity index (χ2v) is 8.62. The van der Waals surface area contributed by atoms with E-state index in [9.17, 15) is 9.18 Å². The summed E-state index contributed by atoms with van der Waals surface area (Å²) in [5.41, 5.74) is 17.7. The number of amides is 1. The highest BCUT2D eigenvalue weighted by Crippen LogP contribution is 2.42. The number of pyridine rings is 1. The predicted octanol–water partition coefficient (Wildman–Crippen LogP) is 4.58. The zero-order chi connectivity index (χ0) is 23.5. The number of aromatic nitrogens is 1. The molecule has 7 heteroatoms. The summed E-state index contributed by atoms with van der Waals surface area (Å²) >= 11 is 0. The third kappa shape index (κ3) is 5.08. The van der Waals surface area contributed by atoms with E-state index < -0.39 is 0 Å². The Morgan fingerprint density at radius 3 is 2.67 bits per heavy atom. The number of rotatable bonds is 9. The first-order chi connectivity index (χ1) is 15.9. The number of benzene rings is 2. The van der Waals surface area contributed by atoms with Crippen molar-refractivity contribution in [3.8, 4) is 16.9 Å². The van der Waals surface area contributed by atoms with Gasteiger partial charge in [-0.3, -0.25) is 4.79 Å². The van der Waals surface area contributed by atoms with Crippen molar-refractivity contribution < 1.29 is 13.9 Å². The van der Waals surface area contributed by atoms with Gasteiger partial charge in [-0.2, -0.15) is 0 Å². The number of nitrogens with two attached hydrogens (primary N) is 2. The van der Waals surface area contributed by atoms with Crippen LogP contribution in [-0.4, -0.2) is 29.4 Å². The minimum Gasteiger partial charge on any atom is -0.491 e. The number of nitrogen functional groups attached to an aromatic ring is 2. The van der Waals surface area contributed by atoms with Gasteiger partial charge in [-0.1, -0.05) is 18.2 Å². The minimum atomic E-state index is -0.242. The first-order valence-corrected chi connectivity index (χ1v) is 11.1. The average Bonchev–Trinajstić information content (AvgIpc) is 3.64. The lowest BCUT2D eigenvalue weighted by Gasteiger charge is -2.20. The van der Waals surface area contributed by atoms with Gasteiger partial charge >= 0.3 is 0 Å². The van der Waals surface area contributed by atoms with Crippen LogP contribution >= 0.6 is 0 Å². The Labute approximate surface area is 193 Å². The van der Waals surface area contributed by atoms with Crippen LogP contribution in [-0.2, 0) is 11.3 Å². The molecule has 0 spiro atoms. The Morgan fingerprint density at radius 1 is 1.18 bits per heavy atom. The van der Waals surface area contributed by atoms with Gasteiger partial charge in [0.1, 0.15) is 24.0 Å². The van der Waals surface area contributed by atoms with E-state index in [0.29, 0.717) is 41.8 Å². The number of aryl methyl sites for hydroxylation is 1. The number of ether oxygens (including phenoxy) is 1. The zero-order valence-corrected chi connectivity index (χ0v) is 19.0. The highest BCUT2D eigenvalue weighted by atomic mass is 19.1. The van der Waals surface area contributed by atoms with Crippen molar-refractivity contribution in [2.75, 3.05) is 24.6 Å². The Hall–Kier alpha value is -3.61. The third-order valence-electron chi connectivity index (χ3n) is 6.20. The van der Waals surface area contributed by atoms with Crippen molar-refractivity contribution in [1.82, 2.24) is 9.88 Å². The van der Waals surface area contributed by atoms with Crippen LogP contribution in [0.1, 0.15) is 41.0 Å². The maximum Gasteiger partial charge on any atom is 0.210 e. The Morgan fingerprint density at radius 2 is 1.97 bits per heavy atom. The molecular formula is C26H29FN4O2. The second-order valence-electron chi connectivity index (χ2n) is 8.62. The molecule has 0 atom stereocenters. The first-order valence-electron chi connectivity index (χ1n) is 11.1. The maximum atomic E-state index is 14.2. The third-order valence-corrected chi connectivity index (χ3v) is 6.20. The van der Waals surface area contributed by atoms with E-state index in [1.807, 2.05) is 37.3 Å². The molecule has 3 aromatic rings. The van der Waals surface area contributed by atoms with Crippen molar-refractivity contribution >= 4 is 17.9 Å². The number of halogens is 1. The Balaban J connectivity index is 1.40. The van der Waals surface area contributed by atoms with Crippen LogP contribution in [0.15, 0.2) is 42.6 Å². The van der Waals surface area contributed by atoms with Crippen LogP contribution in [0, 0.1) is 19.7 Å². The van der Waals surface area contributed by atoms with Crippen molar-refractivity contribution in [3.63, 3.8) is 0 Å². The largest absolute Gasteiger partial charge is 0.491 e. The van der Waals surface area contributed by atoms with Crippen LogP contribution in [0.3, 0.4) is 0 Å². The van der Waals surface area contributed by atoms with Crippen LogP contribution in [0.5, 0.6) is 5.75 Å². The lowest BCUT2D eigenvalue weighted by molar-refractivity contribution is -0.119. The summed E-state index contributed by atoms with van der Waals surface area (Å²) in [4.78, 5) is 17.3. The molecule has 0 unspecified atom stereocenters. The summed E-state index contributed by atoms with van der Waals surface area (Å²) in [7, 11) is 0. The van der Waals surface area contributed by atoms with Gasteiger partial charge < -0.3 is 21.1 Å². The molecule has 0 radical (unpaired) electrons. The summed E-state index contributed by atoms with van der Waals surface area (Å²) in [6.07, 6.45) is 4.64. The van der Waals surface area contributed by atoms with Gasteiger partial charge in [0.2, 0.25) is 6.41 Å². The molecule has 0 aliphatic heterocycles. The molecule has 0 bridgehead atoms. The molecule has 1 aliphatic rings. The van der Waals surface area contributed by atoms with E-state index in [0.717, 1.165) is 47.1 Å². The van der Waals surface area contributed by atoms with Crippen LogP contribution in [0.25, 0.3) is 11.1 Å². The van der Waals surface area contributed by atoms with E-state index in [4.69, 9.17) is 16.2 Å². The molecule has 1 fully saturated rings. The van der Waals surface area contributed by atoms with Crippen molar-refractivity contribution in [3.05, 3.63) is 70.7 Å². The first kappa shape index (κ1) is 22.6. The Kier molecular flexibility index (Phi) is 6.49. The fraction of sp³-hybridized carbons (Fsp3) is 0.308. The summed E-state index contributed by atoms with van der Waals surface area (Å²) in [6, 6.07) is 11.3. The van der Waals surface area contributed by atoms with E-state index in [1.165, 1.54) is 0 Å². The number of hydrogen-bond donors (Lipinski definition) is 2. The predicted molar refractivity (Wildman–Crippen MR) is 128 cm³/mol. The molecule has 4 N–H and O–H groups in total. The minimum absolute atomic E-state index is 0.242. The van der Waals surface area contributed by atoms with Gasteiger partial charge in [0.25, 0.3) is 0 Å². The van der Waals surface area contributed by atoms with E-state index in [1.54, 1.807) is 24.1 Å². The normalized spacial score (nSPS) is 13.1. The summed E-state index contributed by atoms with van der Waals surface area (Å²) in [5.74, 6) is 1.06. The average molecular weight is 449 g/mol. The maximum absolute atomic E-state index is 14.2. The highest BCUT2D eigenvalue weighted by molar-refractivity contribution is 5.82. The molecule has 0 saturated heterocycles. The smallest absolute Gasteiger partial charge is 0.210 e.